The van der Waals surface area contributed by atoms with Crippen LogP contribution in [0.2, 0.25) is 0 Å². The van der Waals surface area contributed by atoms with Gasteiger partial charge in [-0.1, -0.05) is 18.2 Å². The van der Waals surface area contributed by atoms with Gasteiger partial charge in [0.05, 0.1) is 0 Å². The Morgan fingerprint density at radius 1 is 0.848 bits per heavy atom. The average Bonchev–Trinajstić information content (AvgIpc) is 3.28. The molecule has 3 aromatic carbocycles. The summed E-state index contributed by atoms with van der Waals surface area (Å²) in [7, 11) is 0. The van der Waals surface area contributed by atoms with Gasteiger partial charge in [-0.25, -0.2) is 4.39 Å². The molecule has 1 aliphatic rings. The summed E-state index contributed by atoms with van der Waals surface area (Å²) in [5.74, 6) is -0.560. The first kappa shape index (κ1) is 20.8. The van der Waals surface area contributed by atoms with Crippen molar-refractivity contribution in [3.05, 3.63) is 95.9 Å². The highest BCUT2D eigenvalue weighted by Gasteiger charge is 2.22. The Kier molecular flexibility index (Phi) is 5.52. The fourth-order valence-electron chi connectivity index (χ4n) is 4.11. The molecule has 0 saturated carbocycles. The van der Waals surface area contributed by atoms with Crippen LogP contribution in [0.15, 0.2) is 78.9 Å². The molecule has 7 heteroatoms. The highest BCUT2D eigenvalue weighted by atomic mass is 19.1. The molecule has 0 aliphatic carbocycles. The van der Waals surface area contributed by atoms with Crippen LogP contribution in [0.5, 0.6) is 0 Å². The lowest BCUT2D eigenvalue weighted by Crippen LogP contribution is -2.48. The van der Waals surface area contributed by atoms with Crippen molar-refractivity contribution in [2.45, 2.75) is 0 Å². The SMILES string of the molecule is O=C(Nc1ccc(N2CCN(C(=O)c3ccccc3)CC2)cc1)c1cc2cc(F)ccc2[nH]1. The number of benzene rings is 3. The van der Waals surface area contributed by atoms with Gasteiger partial charge in [0.15, 0.2) is 0 Å². The Hall–Kier alpha value is -4.13. The molecule has 0 radical (unpaired) electrons. The fourth-order valence-corrected chi connectivity index (χ4v) is 4.11. The van der Waals surface area contributed by atoms with Crippen molar-refractivity contribution in [3.63, 3.8) is 0 Å². The number of rotatable bonds is 4. The molecule has 6 nitrogen and oxygen atoms in total. The van der Waals surface area contributed by atoms with E-state index in [0.717, 1.165) is 18.8 Å². The second-order valence-corrected chi connectivity index (χ2v) is 8.06. The maximum atomic E-state index is 13.4. The van der Waals surface area contributed by atoms with E-state index in [9.17, 15) is 14.0 Å². The zero-order chi connectivity index (χ0) is 22.8. The molecule has 0 bridgehead atoms. The van der Waals surface area contributed by atoms with Crippen molar-refractivity contribution in [1.29, 1.82) is 0 Å². The van der Waals surface area contributed by atoms with Crippen LogP contribution in [0.1, 0.15) is 20.8 Å². The normalized spacial score (nSPS) is 13.8. The number of nitrogens with one attached hydrogen (secondary N) is 2. The highest BCUT2D eigenvalue weighted by Crippen LogP contribution is 2.22. The Labute approximate surface area is 190 Å². The molecular weight excluding hydrogens is 419 g/mol. The van der Waals surface area contributed by atoms with Gasteiger partial charge < -0.3 is 20.1 Å². The third kappa shape index (κ3) is 4.43. The topological polar surface area (TPSA) is 68.4 Å². The average molecular weight is 442 g/mol. The van der Waals surface area contributed by atoms with Gasteiger partial charge in [-0.15, -0.1) is 0 Å². The standard InChI is InChI=1S/C26H23FN4O2/c27-20-6-11-23-19(16-20)17-24(29-23)25(32)28-21-7-9-22(10-8-21)30-12-14-31(15-13-30)26(33)18-4-2-1-3-5-18/h1-11,16-17,29H,12-15H2,(H,28,32). The largest absolute Gasteiger partial charge is 0.368 e. The molecule has 0 atom stereocenters. The summed E-state index contributed by atoms with van der Waals surface area (Å²) >= 11 is 0. The van der Waals surface area contributed by atoms with Crippen molar-refractivity contribution < 1.29 is 14.0 Å². The molecule has 1 saturated heterocycles. The molecule has 4 aromatic rings. The number of hydrogen-bond acceptors (Lipinski definition) is 3. The van der Waals surface area contributed by atoms with E-state index in [1.54, 1.807) is 12.1 Å². The summed E-state index contributed by atoms with van der Waals surface area (Å²) in [4.78, 5) is 32.3. The van der Waals surface area contributed by atoms with Crippen molar-refractivity contribution in [3.8, 4) is 0 Å². The van der Waals surface area contributed by atoms with Crippen LogP contribution in [-0.2, 0) is 0 Å². The fraction of sp³-hybridized carbons (Fsp3) is 0.154. The number of halogens is 1. The van der Waals surface area contributed by atoms with Crippen LogP contribution in [0.25, 0.3) is 10.9 Å². The Morgan fingerprint density at radius 3 is 2.30 bits per heavy atom. The number of amides is 2. The van der Waals surface area contributed by atoms with Crippen molar-refractivity contribution in [2.24, 2.45) is 0 Å². The van der Waals surface area contributed by atoms with E-state index in [0.29, 0.717) is 40.9 Å². The predicted octanol–water partition coefficient (Wildman–Crippen LogP) is 4.52. The summed E-state index contributed by atoms with van der Waals surface area (Å²) in [5.41, 5.74) is 3.51. The van der Waals surface area contributed by atoms with Gasteiger partial charge in [-0.2, -0.15) is 0 Å². The smallest absolute Gasteiger partial charge is 0.272 e. The third-order valence-electron chi connectivity index (χ3n) is 5.91. The molecule has 1 aliphatic heterocycles. The zero-order valence-electron chi connectivity index (χ0n) is 17.9. The number of piperazine rings is 1. The van der Waals surface area contributed by atoms with Crippen LogP contribution in [0.4, 0.5) is 15.8 Å². The molecular formula is C26H23FN4O2. The molecule has 2 N–H and O–H groups in total. The highest BCUT2D eigenvalue weighted by molar-refractivity contribution is 6.06. The molecule has 1 aromatic heterocycles. The Bertz CT molecular complexity index is 1290. The van der Waals surface area contributed by atoms with E-state index < -0.39 is 0 Å². The second-order valence-electron chi connectivity index (χ2n) is 8.06. The first-order valence-corrected chi connectivity index (χ1v) is 10.9. The van der Waals surface area contributed by atoms with Crippen molar-refractivity contribution in [2.75, 3.05) is 36.4 Å². The third-order valence-corrected chi connectivity index (χ3v) is 5.91. The Morgan fingerprint density at radius 2 is 1.58 bits per heavy atom. The number of nitrogens with zero attached hydrogens (tertiary/aromatic N) is 2. The van der Waals surface area contributed by atoms with Crippen LogP contribution in [0.3, 0.4) is 0 Å². The number of H-pyrrole nitrogens is 1. The molecule has 2 amide bonds. The lowest BCUT2D eigenvalue weighted by molar-refractivity contribution is 0.0746. The maximum Gasteiger partial charge on any atom is 0.272 e. The van der Waals surface area contributed by atoms with Gasteiger partial charge in [0.2, 0.25) is 0 Å². The molecule has 5 rings (SSSR count). The van der Waals surface area contributed by atoms with Crippen LogP contribution < -0.4 is 10.2 Å². The summed E-state index contributed by atoms with van der Waals surface area (Å²) < 4.78 is 13.4. The van der Waals surface area contributed by atoms with Gasteiger partial charge in [-0.05, 0) is 60.7 Å². The van der Waals surface area contributed by atoms with Gasteiger partial charge in [0, 0.05) is 54.0 Å². The van der Waals surface area contributed by atoms with E-state index in [1.807, 2.05) is 59.5 Å². The predicted molar refractivity (Wildman–Crippen MR) is 127 cm³/mol. The van der Waals surface area contributed by atoms with E-state index in [-0.39, 0.29) is 17.6 Å². The quantitative estimate of drug-likeness (QED) is 0.488. The lowest BCUT2D eigenvalue weighted by Gasteiger charge is -2.36. The summed E-state index contributed by atoms with van der Waals surface area (Å²) in [6.07, 6.45) is 0. The maximum absolute atomic E-state index is 13.4. The van der Waals surface area contributed by atoms with Gasteiger partial charge in [-0.3, -0.25) is 9.59 Å². The minimum atomic E-state index is -0.339. The lowest BCUT2D eigenvalue weighted by atomic mass is 10.1. The van der Waals surface area contributed by atoms with E-state index in [4.69, 9.17) is 0 Å². The second kappa shape index (κ2) is 8.78. The molecule has 0 spiro atoms. The van der Waals surface area contributed by atoms with E-state index in [2.05, 4.69) is 15.2 Å². The van der Waals surface area contributed by atoms with Gasteiger partial charge in [0.1, 0.15) is 11.5 Å². The van der Waals surface area contributed by atoms with E-state index >= 15 is 0 Å². The van der Waals surface area contributed by atoms with Crippen LogP contribution in [-0.4, -0.2) is 47.9 Å². The molecule has 0 unspecified atom stereocenters. The number of anilines is 2. The van der Waals surface area contributed by atoms with Gasteiger partial charge >= 0.3 is 0 Å². The number of fused-ring (bicyclic) bond motifs is 1. The van der Waals surface area contributed by atoms with Gasteiger partial charge in [0.25, 0.3) is 11.8 Å². The monoisotopic (exact) mass is 442 g/mol. The zero-order valence-corrected chi connectivity index (χ0v) is 17.9. The number of carbonyl (C=O) groups is 2. The first-order valence-electron chi connectivity index (χ1n) is 10.9. The molecule has 166 valence electrons. The van der Waals surface area contributed by atoms with Crippen LogP contribution in [0, 0.1) is 5.82 Å². The minimum Gasteiger partial charge on any atom is -0.368 e. The van der Waals surface area contributed by atoms with Crippen molar-refractivity contribution >= 4 is 34.1 Å². The first-order chi connectivity index (χ1) is 16.1. The number of hydrogen-bond donors (Lipinski definition) is 2. The molecule has 33 heavy (non-hydrogen) atoms. The van der Waals surface area contributed by atoms with Crippen LogP contribution >= 0.6 is 0 Å². The number of carbonyl (C=O) groups excluding carboxylic acids is 2. The minimum absolute atomic E-state index is 0.0630. The summed E-state index contributed by atoms with van der Waals surface area (Å²) in [6.45, 7) is 2.81. The number of aromatic nitrogens is 1. The van der Waals surface area contributed by atoms with E-state index in [1.165, 1.54) is 12.1 Å². The summed E-state index contributed by atoms with van der Waals surface area (Å²) in [6, 6.07) is 23.0. The number of aromatic amines is 1. The molecule has 2 heterocycles. The van der Waals surface area contributed by atoms with Crippen molar-refractivity contribution in [1.82, 2.24) is 9.88 Å². The Balaban J connectivity index is 1.19. The summed E-state index contributed by atoms with van der Waals surface area (Å²) in [5, 5.41) is 3.52. The molecule has 1 fully saturated rings.